The number of hydrogen-bond donors (Lipinski definition) is 8. The van der Waals surface area contributed by atoms with E-state index in [1.807, 2.05) is 62.3 Å². The number of anilines is 8. The number of ether oxygens (including phenoxy) is 5. The van der Waals surface area contributed by atoms with E-state index in [1.54, 1.807) is 114 Å². The monoisotopic (exact) mass is 1670 g/mol. The Hall–Kier alpha value is -15.0. The van der Waals surface area contributed by atoms with Gasteiger partial charge >= 0.3 is 0 Å². The first kappa shape index (κ1) is 84.9. The Morgan fingerprint density at radius 3 is 1.12 bits per heavy atom. The molecule has 16 heterocycles. The van der Waals surface area contributed by atoms with Gasteiger partial charge in [0, 0.05) is 118 Å². The largest absolute Gasteiger partial charge is 0.496 e. The maximum absolute atomic E-state index is 14.6. The van der Waals surface area contributed by atoms with Crippen molar-refractivity contribution in [3.8, 4) is 28.9 Å². The number of aromatic amines is 4. The highest BCUT2D eigenvalue weighted by Crippen LogP contribution is 2.46. The van der Waals surface area contributed by atoms with Crippen molar-refractivity contribution in [3.63, 3.8) is 0 Å². The number of H-pyrrole nitrogens is 4. The lowest BCUT2D eigenvalue weighted by Crippen LogP contribution is -2.27. The Kier molecular flexibility index (Phi) is 24.8. The van der Waals surface area contributed by atoms with Crippen molar-refractivity contribution in [2.45, 2.75) is 115 Å². The van der Waals surface area contributed by atoms with Gasteiger partial charge < -0.3 is 66.6 Å². The Bertz CT molecular complexity index is 6020. The summed E-state index contributed by atoms with van der Waals surface area (Å²) in [5.74, 6) is 4.83. The highest BCUT2D eigenvalue weighted by atomic mass is 35.5. The predicted molar refractivity (Wildman–Crippen MR) is 457 cm³/mol. The predicted octanol–water partition coefficient (Wildman–Crippen LogP) is 10.3. The molecule has 0 unspecified atom stereocenters. The lowest BCUT2D eigenvalue weighted by molar-refractivity contribution is -0.113. The molecule has 628 valence electrons. The van der Waals surface area contributed by atoms with Crippen LogP contribution >= 0.6 is 11.6 Å². The normalized spacial score (nSPS) is 14.5. The lowest BCUT2D eigenvalue weighted by atomic mass is 10.1. The van der Waals surface area contributed by atoms with Gasteiger partial charge in [0.1, 0.15) is 57.3 Å². The van der Waals surface area contributed by atoms with Gasteiger partial charge in [0.25, 0.3) is 23.6 Å². The number of carbonyl (C=O) groups is 4. The van der Waals surface area contributed by atoms with Crippen LogP contribution < -0.4 is 66.2 Å². The number of halogens is 2. The van der Waals surface area contributed by atoms with E-state index < -0.39 is 11.9 Å². The molecule has 4 aliphatic rings. The molecule has 0 aliphatic carbocycles. The summed E-state index contributed by atoms with van der Waals surface area (Å²) in [6, 6.07) is 0. The number of amides is 4. The van der Waals surface area contributed by atoms with Crippen LogP contribution in [0.1, 0.15) is 144 Å². The second-order valence-corrected chi connectivity index (χ2v) is 29.3. The van der Waals surface area contributed by atoms with E-state index in [0.29, 0.717) is 109 Å². The van der Waals surface area contributed by atoms with E-state index >= 15 is 0 Å². The molecule has 0 radical (unpaired) electrons. The maximum atomic E-state index is 14.6. The number of nitrogens with one attached hydrogen (secondary N) is 4. The Balaban J connectivity index is 0.000000140. The molecule has 4 aliphatic heterocycles. The molecule has 16 rings (SSSR count). The summed E-state index contributed by atoms with van der Waals surface area (Å²) in [4.78, 5) is 139. The molecule has 0 saturated carbocycles. The van der Waals surface area contributed by atoms with Crippen molar-refractivity contribution >= 4 is 129 Å². The molecule has 0 saturated heterocycles. The number of pyridine rings is 4. The third-order valence-electron chi connectivity index (χ3n) is 20.4. The number of methoxy groups -OCH3 is 5. The van der Waals surface area contributed by atoms with E-state index in [4.69, 9.17) is 58.2 Å². The fourth-order valence-corrected chi connectivity index (χ4v) is 14.8. The summed E-state index contributed by atoms with van der Waals surface area (Å²) in [5.41, 5.74) is 37.4. The molecule has 0 aromatic carbocycles. The molecule has 39 heteroatoms. The summed E-state index contributed by atoms with van der Waals surface area (Å²) in [6.07, 6.45) is 26.8. The SMILES string of the molecule is COc1c(C)cnc(CN2C(=O)/C(=C\c3ncc(CCC(C)C)[nH]3)c3c(Cl)nc(N)nc32)c1C.COc1c(C)cnc(CN2C(=O)/C(=C\c3ncc[nH]3)c3c(C)nc(N)nc32)c1C.COc1c(C)cnc(CN2C(=O)/C(=C\c3ncc[nH]3)c3c(F)nc(N)nc32)c1C.COc1nc(N)nc2c1/C(=C/c1ncc[nH]1)C(=O)N2Cc1ncc(C)c(OC)c1C. The van der Waals surface area contributed by atoms with Crippen LogP contribution in [0.3, 0.4) is 0 Å². The lowest BCUT2D eigenvalue weighted by Gasteiger charge is -2.19. The van der Waals surface area contributed by atoms with Crippen molar-refractivity contribution in [3.05, 3.63) is 203 Å². The molecule has 0 spiro atoms. The number of nitrogens with two attached hydrogens (primary N) is 4. The van der Waals surface area contributed by atoms with E-state index in [9.17, 15) is 23.6 Å². The quantitative estimate of drug-likeness (QED) is 0.0260. The number of rotatable bonds is 20. The van der Waals surface area contributed by atoms with Crippen LogP contribution in [0, 0.1) is 74.2 Å². The van der Waals surface area contributed by atoms with Gasteiger partial charge in [0.05, 0.1) is 135 Å². The van der Waals surface area contributed by atoms with Gasteiger partial charge in [-0.25, -0.2) is 29.9 Å². The minimum atomic E-state index is -0.868. The molecule has 37 nitrogen and oxygen atoms in total. The second-order valence-electron chi connectivity index (χ2n) is 28.9. The van der Waals surface area contributed by atoms with Crippen molar-refractivity contribution in [2.75, 3.05) is 78.1 Å². The van der Waals surface area contributed by atoms with Crippen molar-refractivity contribution in [1.82, 2.24) is 99.7 Å². The average molecular weight is 1680 g/mol. The van der Waals surface area contributed by atoms with E-state index in [1.165, 1.54) is 34.1 Å². The third kappa shape index (κ3) is 17.1. The van der Waals surface area contributed by atoms with Crippen molar-refractivity contribution < 1.29 is 47.3 Å². The number of hydrogen-bond acceptors (Lipinski definition) is 29. The smallest absolute Gasteiger partial charge is 0.260 e. The zero-order valence-corrected chi connectivity index (χ0v) is 70.4. The molecule has 12 aromatic heterocycles. The molecule has 0 atom stereocenters. The van der Waals surface area contributed by atoms with Gasteiger partial charge in [-0.3, -0.25) is 58.7 Å². The molecule has 122 heavy (non-hydrogen) atoms. The number of aromatic nitrogens is 20. The van der Waals surface area contributed by atoms with Crippen LogP contribution in [0.5, 0.6) is 28.9 Å². The van der Waals surface area contributed by atoms with Gasteiger partial charge in [-0.1, -0.05) is 25.4 Å². The van der Waals surface area contributed by atoms with Crippen LogP contribution in [0.4, 0.5) is 51.5 Å². The van der Waals surface area contributed by atoms with Crippen molar-refractivity contribution in [2.24, 2.45) is 5.92 Å². The zero-order valence-electron chi connectivity index (χ0n) is 69.7. The van der Waals surface area contributed by atoms with Gasteiger partial charge in [-0.05, 0) is 105 Å². The summed E-state index contributed by atoms with van der Waals surface area (Å²) in [7, 11) is 7.89. The molecule has 0 bridgehead atoms. The van der Waals surface area contributed by atoms with Crippen molar-refractivity contribution in [1.29, 1.82) is 0 Å². The number of aryl methyl sites for hydroxylation is 6. The van der Waals surface area contributed by atoms with Crippen LogP contribution in [0.15, 0.2) is 68.2 Å². The first-order valence-electron chi connectivity index (χ1n) is 38.1. The standard InChI is InChI=1S/C24H28ClN7O2.C20H21N7O3.C20H21N7O2.C19H18FN7O2/c1-12(2)6-7-15-10-28-18(29-15)8-16-19-21(25)30-24(26)31-22(19)32(23(16)33)11-17-14(4)20(34-5)13(3)9-27-17;1-10-8-24-13(11(2)16(10)29-3)9-27-17-15(18(30-4)26-20(21)25-17)12(19(27)28)7-14-22-5-6-23-14;1-10-8-24-14(11(2)17(10)29-4)9-27-18-16(12(3)25-20(21)26-18)13(19(27)28)7-15-22-5-6-23-15;1-9-7-24-12(10(2)15(9)29-3)8-27-17-14(16(20)25-19(21)26-17)11(18(27)28)6-13-22-4-5-23-13/h8-10,12H,6-7,11H2,1-5H3,(H,28,29)(H2,26,30,31);5-8H,9H2,1-4H3,(H,22,23)(H2,21,25,26);5-8H,9H2,1-4H3,(H,22,23)(H2,21,25,26);4-7H,8H2,1-3H3,(H,22,23)(H2,21,25,26)/b16-8-;12-7-;13-7-;11-6-. The Labute approximate surface area is 704 Å². The zero-order chi connectivity index (χ0) is 87.4. The van der Waals surface area contributed by atoms with Crippen LogP contribution in [-0.4, -0.2) is 159 Å². The summed E-state index contributed by atoms with van der Waals surface area (Å²) in [5, 5.41) is 0.113. The third-order valence-corrected chi connectivity index (χ3v) is 20.7. The highest BCUT2D eigenvalue weighted by Gasteiger charge is 2.43. The molecular formula is C83H88ClFN28O9. The summed E-state index contributed by atoms with van der Waals surface area (Å²) >= 11 is 6.44. The summed E-state index contributed by atoms with van der Waals surface area (Å²) < 4.78 is 42.0. The van der Waals surface area contributed by atoms with Gasteiger partial charge in [-0.2, -0.15) is 34.3 Å². The Morgan fingerprint density at radius 2 is 0.746 bits per heavy atom. The van der Waals surface area contributed by atoms with E-state index in [-0.39, 0.29) is 95.7 Å². The number of nitrogen functional groups attached to an aromatic ring is 4. The topological polar surface area (TPSA) is 501 Å². The molecule has 12 N–H and O–H groups in total. The molecule has 0 fully saturated rings. The first-order valence-corrected chi connectivity index (χ1v) is 38.5. The fraction of sp³-hybridized carbons (Fsp3) is 0.277. The van der Waals surface area contributed by atoms with Gasteiger partial charge in [0.15, 0.2) is 17.5 Å². The molecule has 4 amide bonds. The van der Waals surface area contributed by atoms with Crippen LogP contribution in [-0.2, 0) is 51.8 Å². The minimum absolute atomic E-state index is 0.00816. The fourth-order valence-electron chi connectivity index (χ4n) is 14.5. The Morgan fingerprint density at radius 1 is 0.410 bits per heavy atom. The summed E-state index contributed by atoms with van der Waals surface area (Å²) in [6.45, 7) is 22.1. The number of fused-ring (bicyclic) bond motifs is 4. The minimum Gasteiger partial charge on any atom is -0.496 e. The number of nitrogens with zero attached hydrogens (tertiary/aromatic N) is 20. The van der Waals surface area contributed by atoms with Gasteiger partial charge in [0.2, 0.25) is 35.6 Å². The molecular weight excluding hydrogens is 1590 g/mol. The second kappa shape index (κ2) is 35.7. The van der Waals surface area contributed by atoms with E-state index in [0.717, 1.165) is 86.0 Å². The number of carbonyl (C=O) groups excluding carboxylic acids is 4. The molecule has 12 aromatic rings. The van der Waals surface area contributed by atoms with E-state index in [2.05, 4.69) is 114 Å². The van der Waals surface area contributed by atoms with Crippen LogP contribution in [0.2, 0.25) is 5.15 Å². The maximum Gasteiger partial charge on any atom is 0.260 e. The average Bonchev–Trinajstić information content (AvgIpc) is 1.61. The highest BCUT2D eigenvalue weighted by molar-refractivity contribution is 6.41. The first-order chi connectivity index (χ1) is 58.4. The number of imidazole rings is 4. The van der Waals surface area contributed by atoms with Gasteiger partial charge in [-0.15, -0.1) is 0 Å². The van der Waals surface area contributed by atoms with Crippen LogP contribution in [0.25, 0.3) is 46.6 Å².